The number of halogens is 2. The number of ether oxygens (including phenoxy) is 2. The number of nitrogens with one attached hydrogen (secondary N) is 1. The Labute approximate surface area is 243 Å². The molecular formula is C34H55F2NO3. The van der Waals surface area contributed by atoms with E-state index in [1.807, 2.05) is 0 Å². The van der Waals surface area contributed by atoms with Crippen molar-refractivity contribution in [2.45, 2.75) is 99.3 Å². The molecule has 0 aliphatic rings. The molecule has 40 heavy (non-hydrogen) atoms. The van der Waals surface area contributed by atoms with E-state index in [2.05, 4.69) is 82.8 Å². The fourth-order valence-electron chi connectivity index (χ4n) is 3.55. The summed E-state index contributed by atoms with van der Waals surface area (Å²) in [6.45, 7) is 17.8. The molecule has 0 fully saturated rings. The second-order valence-electron chi connectivity index (χ2n) is 10.1. The summed E-state index contributed by atoms with van der Waals surface area (Å²) in [4.78, 5) is 0. The second kappa shape index (κ2) is 24.4. The van der Waals surface area contributed by atoms with Crippen LogP contribution in [0.3, 0.4) is 0 Å². The Morgan fingerprint density at radius 3 is 1.80 bits per heavy atom. The van der Waals surface area contributed by atoms with Crippen LogP contribution in [0.15, 0.2) is 60.8 Å². The lowest BCUT2D eigenvalue weighted by Gasteiger charge is -2.19. The number of alkyl halides is 2. The molecule has 0 saturated carbocycles. The van der Waals surface area contributed by atoms with Gasteiger partial charge in [0.2, 0.25) is 6.43 Å². The molecule has 2 atom stereocenters. The van der Waals surface area contributed by atoms with Crippen molar-refractivity contribution in [2.24, 2.45) is 11.8 Å². The van der Waals surface area contributed by atoms with Crippen LogP contribution >= 0.6 is 0 Å². The van der Waals surface area contributed by atoms with Crippen LogP contribution in [0.5, 0.6) is 5.75 Å². The molecule has 2 N–H and O–H groups in total. The minimum atomic E-state index is -2.38. The minimum absolute atomic E-state index is 0.220. The van der Waals surface area contributed by atoms with Gasteiger partial charge in [-0.2, -0.15) is 0 Å². The molecule has 0 spiro atoms. The van der Waals surface area contributed by atoms with E-state index < -0.39 is 18.3 Å². The van der Waals surface area contributed by atoms with Crippen molar-refractivity contribution in [1.29, 1.82) is 0 Å². The van der Waals surface area contributed by atoms with Gasteiger partial charge >= 0.3 is 0 Å². The maximum Gasteiger partial charge on any atom is 0.241 e. The molecule has 0 aliphatic carbocycles. The quantitative estimate of drug-likeness (QED) is 0.148. The third-order valence-electron chi connectivity index (χ3n) is 6.55. The highest BCUT2D eigenvalue weighted by molar-refractivity contribution is 5.64. The van der Waals surface area contributed by atoms with Crippen LogP contribution in [0.25, 0.3) is 11.1 Å². The first kappa shape index (κ1) is 37.6. The summed E-state index contributed by atoms with van der Waals surface area (Å²) in [6.07, 6.45) is 7.34. The smallest absolute Gasteiger partial charge is 0.241 e. The molecule has 0 radical (unpaired) electrons. The summed E-state index contributed by atoms with van der Waals surface area (Å²) in [7, 11) is 0. The molecule has 2 aromatic carbocycles. The lowest BCUT2D eigenvalue weighted by Crippen LogP contribution is -2.23. The summed E-state index contributed by atoms with van der Waals surface area (Å²) in [5.41, 5.74) is 5.94. The van der Waals surface area contributed by atoms with E-state index in [9.17, 15) is 8.78 Å². The summed E-state index contributed by atoms with van der Waals surface area (Å²) in [6, 6.07) is 17.3. The minimum Gasteiger partial charge on any atom is -0.494 e. The first-order valence-corrected chi connectivity index (χ1v) is 15.0. The average molecular weight is 564 g/mol. The number of hydrogen-bond acceptors (Lipinski definition) is 4. The standard InChI is InChI=1S/C19H24O.C8H18O.C7H13F2NO/c1-3-5-6-16-7-9-17(10-8-16)18-11-13-19(14-12-18)20-15-4-2;1-3-5-6-8-9-7-4-2;1-4(6(3)10-11)5(2)7(8)9/h7-14H,3-6,15H2,1-2H3;3-8H2,1-2H3;4-5,7,10-11H,3H2,1-2H3. The van der Waals surface area contributed by atoms with E-state index in [0.717, 1.165) is 38.4 Å². The van der Waals surface area contributed by atoms with Crippen molar-refractivity contribution in [3.63, 3.8) is 0 Å². The van der Waals surface area contributed by atoms with E-state index in [-0.39, 0.29) is 5.70 Å². The maximum absolute atomic E-state index is 12.0. The fraction of sp³-hybridized carbons (Fsp3) is 0.588. The molecule has 0 aromatic heterocycles. The third kappa shape index (κ3) is 17.3. The molecule has 2 aromatic rings. The Morgan fingerprint density at radius 2 is 1.32 bits per heavy atom. The van der Waals surface area contributed by atoms with Gasteiger partial charge in [-0.15, -0.1) is 0 Å². The first-order chi connectivity index (χ1) is 19.2. The average Bonchev–Trinajstić information content (AvgIpc) is 2.99. The highest BCUT2D eigenvalue weighted by Gasteiger charge is 2.23. The second-order valence-corrected chi connectivity index (χ2v) is 10.1. The van der Waals surface area contributed by atoms with Crippen molar-refractivity contribution >= 4 is 0 Å². The molecule has 0 aliphatic heterocycles. The Balaban J connectivity index is 0.000000645. The monoisotopic (exact) mass is 563 g/mol. The first-order valence-electron chi connectivity index (χ1n) is 15.0. The summed E-state index contributed by atoms with van der Waals surface area (Å²) in [5.74, 6) is -0.266. The zero-order valence-electron chi connectivity index (χ0n) is 25.9. The molecule has 0 amide bonds. The van der Waals surface area contributed by atoms with Crippen molar-refractivity contribution in [3.8, 4) is 16.9 Å². The zero-order valence-corrected chi connectivity index (χ0v) is 25.9. The normalized spacial score (nSPS) is 11.9. The van der Waals surface area contributed by atoms with E-state index in [1.54, 1.807) is 12.4 Å². The van der Waals surface area contributed by atoms with Gasteiger partial charge in [-0.25, -0.2) is 8.78 Å². The molecule has 0 saturated heterocycles. The van der Waals surface area contributed by atoms with Gasteiger partial charge < -0.3 is 9.47 Å². The molecular weight excluding hydrogens is 508 g/mol. The molecule has 6 heteroatoms. The molecule has 0 bridgehead atoms. The van der Waals surface area contributed by atoms with E-state index in [1.165, 1.54) is 62.1 Å². The number of hydroxylamine groups is 1. The van der Waals surface area contributed by atoms with Crippen molar-refractivity contribution < 1.29 is 23.5 Å². The Hall–Kier alpha value is -2.44. The van der Waals surface area contributed by atoms with Crippen LogP contribution in [-0.2, 0) is 11.2 Å². The molecule has 228 valence electrons. The van der Waals surface area contributed by atoms with Gasteiger partial charge in [0, 0.05) is 30.7 Å². The van der Waals surface area contributed by atoms with Crippen LogP contribution in [0.1, 0.15) is 92.1 Å². The van der Waals surface area contributed by atoms with Gasteiger partial charge in [-0.1, -0.05) is 104 Å². The van der Waals surface area contributed by atoms with E-state index >= 15 is 0 Å². The Bertz CT molecular complexity index is 801. The SMILES string of the molecule is C=C(NO)C(C)C(C)C(F)F.CCCCCOCCC.CCCCc1ccc(-c2ccc(OCCC)cc2)cc1. The van der Waals surface area contributed by atoms with Crippen LogP contribution < -0.4 is 10.2 Å². The van der Waals surface area contributed by atoms with E-state index in [4.69, 9.17) is 14.7 Å². The van der Waals surface area contributed by atoms with Gasteiger partial charge in [0.25, 0.3) is 0 Å². The van der Waals surface area contributed by atoms with E-state index in [0.29, 0.717) is 0 Å². The predicted molar refractivity (Wildman–Crippen MR) is 165 cm³/mol. The fourth-order valence-corrected chi connectivity index (χ4v) is 3.55. The van der Waals surface area contributed by atoms with Gasteiger partial charge in [0.15, 0.2) is 0 Å². The van der Waals surface area contributed by atoms with Crippen molar-refractivity contribution in [3.05, 3.63) is 66.4 Å². The number of rotatable bonds is 17. The van der Waals surface area contributed by atoms with Crippen LogP contribution in [-0.4, -0.2) is 31.5 Å². The maximum atomic E-state index is 12.0. The summed E-state index contributed by atoms with van der Waals surface area (Å²) in [5, 5.41) is 8.34. The largest absolute Gasteiger partial charge is 0.494 e. The zero-order chi connectivity index (χ0) is 30.2. The number of unbranched alkanes of at least 4 members (excludes halogenated alkanes) is 3. The third-order valence-corrected chi connectivity index (χ3v) is 6.55. The van der Waals surface area contributed by atoms with Crippen molar-refractivity contribution in [1.82, 2.24) is 5.48 Å². The lowest BCUT2D eigenvalue weighted by atomic mass is 9.94. The topological polar surface area (TPSA) is 50.7 Å². The highest BCUT2D eigenvalue weighted by Crippen LogP contribution is 2.24. The van der Waals surface area contributed by atoms with Crippen LogP contribution in [0, 0.1) is 11.8 Å². The lowest BCUT2D eigenvalue weighted by molar-refractivity contribution is 0.0579. The highest BCUT2D eigenvalue weighted by atomic mass is 19.3. The number of hydrogen-bond donors (Lipinski definition) is 2. The predicted octanol–water partition coefficient (Wildman–Crippen LogP) is 10.1. The number of benzene rings is 2. The molecule has 4 nitrogen and oxygen atoms in total. The Kier molecular flexibility index (Phi) is 22.9. The summed E-state index contributed by atoms with van der Waals surface area (Å²) < 4.78 is 34.9. The van der Waals surface area contributed by atoms with Crippen LogP contribution in [0.4, 0.5) is 8.78 Å². The number of aryl methyl sites for hydroxylation is 1. The van der Waals surface area contributed by atoms with Gasteiger partial charge in [0.05, 0.1) is 6.61 Å². The van der Waals surface area contributed by atoms with Gasteiger partial charge in [0.1, 0.15) is 5.75 Å². The van der Waals surface area contributed by atoms with Gasteiger partial charge in [-0.3, -0.25) is 10.7 Å². The van der Waals surface area contributed by atoms with Gasteiger partial charge in [-0.05, 0) is 60.9 Å². The molecule has 2 unspecified atom stereocenters. The van der Waals surface area contributed by atoms with Crippen LogP contribution in [0.2, 0.25) is 0 Å². The molecule has 2 rings (SSSR count). The van der Waals surface area contributed by atoms with Crippen molar-refractivity contribution in [2.75, 3.05) is 19.8 Å². The number of allylic oxidation sites excluding steroid dienone is 1. The Morgan fingerprint density at radius 1 is 0.775 bits per heavy atom. The molecule has 0 heterocycles. The summed E-state index contributed by atoms with van der Waals surface area (Å²) >= 11 is 0.